The molecule has 108 valence electrons. The van der Waals surface area contributed by atoms with Gasteiger partial charge in [-0.3, -0.25) is 0 Å². The summed E-state index contributed by atoms with van der Waals surface area (Å²) in [4.78, 5) is 9.29. The Morgan fingerprint density at radius 3 is 2.26 bits per heavy atom. The molecule has 0 aliphatic carbocycles. The number of nitrogens with zero attached hydrogens (tertiary/aromatic N) is 2. The van der Waals surface area contributed by atoms with E-state index in [1.54, 1.807) is 0 Å². The molecule has 0 atom stereocenters. The molecule has 0 aromatic carbocycles. The highest BCUT2D eigenvalue weighted by Crippen LogP contribution is 2.17. The van der Waals surface area contributed by atoms with Crippen molar-refractivity contribution < 1.29 is 0 Å². The Labute approximate surface area is 122 Å². The van der Waals surface area contributed by atoms with Crippen LogP contribution in [0.2, 0.25) is 0 Å². The molecule has 1 heterocycles. The number of aromatic nitrogens is 2. The van der Waals surface area contributed by atoms with Gasteiger partial charge in [-0.1, -0.05) is 20.8 Å². The Balaban J connectivity index is 2.63. The van der Waals surface area contributed by atoms with Gasteiger partial charge in [0.05, 0.1) is 5.75 Å². The third kappa shape index (κ3) is 5.91. The predicted octanol–water partition coefficient (Wildman–Crippen LogP) is 3.28. The summed E-state index contributed by atoms with van der Waals surface area (Å²) in [6.45, 7) is 12.9. The van der Waals surface area contributed by atoms with Gasteiger partial charge in [0.15, 0.2) is 0 Å². The van der Waals surface area contributed by atoms with E-state index >= 15 is 0 Å². The van der Waals surface area contributed by atoms with Crippen LogP contribution < -0.4 is 5.32 Å². The maximum Gasteiger partial charge on any atom is 0.138 e. The van der Waals surface area contributed by atoms with Gasteiger partial charge in [-0.15, -0.1) is 0 Å². The third-order valence-electron chi connectivity index (χ3n) is 2.99. The number of hydrogen-bond donors (Lipinski definition) is 1. The lowest BCUT2D eigenvalue weighted by Gasteiger charge is -2.12. The molecule has 3 nitrogen and oxygen atoms in total. The highest BCUT2D eigenvalue weighted by atomic mass is 32.2. The molecule has 1 aromatic heterocycles. The molecule has 1 N–H and O–H groups in total. The number of nitrogens with one attached hydrogen (secondary N) is 1. The second-order valence-electron chi connectivity index (χ2n) is 5.15. The van der Waals surface area contributed by atoms with Crippen LogP contribution in [0.3, 0.4) is 0 Å². The lowest BCUT2D eigenvalue weighted by molar-refractivity contribution is 0.665. The Bertz CT molecular complexity index is 368. The molecule has 0 unspecified atom stereocenters. The summed E-state index contributed by atoms with van der Waals surface area (Å²) < 4.78 is 0. The van der Waals surface area contributed by atoms with Gasteiger partial charge in [0.2, 0.25) is 0 Å². The summed E-state index contributed by atoms with van der Waals surface area (Å²) in [7, 11) is 0. The molecule has 0 aliphatic rings. The molecule has 4 heteroatoms. The van der Waals surface area contributed by atoms with E-state index in [0.717, 1.165) is 42.5 Å². The van der Waals surface area contributed by atoms with Gasteiger partial charge in [0.25, 0.3) is 0 Å². The van der Waals surface area contributed by atoms with E-state index in [1.165, 1.54) is 12.0 Å². The molecule has 0 saturated heterocycles. The zero-order valence-electron chi connectivity index (χ0n) is 12.9. The normalized spacial score (nSPS) is 11.3. The third-order valence-corrected chi connectivity index (χ3v) is 4.08. The minimum Gasteiger partial charge on any atom is -0.316 e. The second-order valence-corrected chi connectivity index (χ2v) is 6.71. The summed E-state index contributed by atoms with van der Waals surface area (Å²) >= 11 is 1.89. The number of thioether (sulfide) groups is 1. The molecule has 0 fully saturated rings. The van der Waals surface area contributed by atoms with Crippen LogP contribution in [0.15, 0.2) is 0 Å². The van der Waals surface area contributed by atoms with E-state index in [0.29, 0.717) is 5.25 Å². The Hall–Kier alpha value is -0.610. The fourth-order valence-electron chi connectivity index (χ4n) is 1.99. The van der Waals surface area contributed by atoms with Crippen LogP contribution in [0.5, 0.6) is 0 Å². The highest BCUT2D eigenvalue weighted by molar-refractivity contribution is 7.99. The van der Waals surface area contributed by atoms with Gasteiger partial charge < -0.3 is 5.32 Å². The summed E-state index contributed by atoms with van der Waals surface area (Å²) in [5.41, 5.74) is 3.59. The second kappa shape index (κ2) is 8.54. The van der Waals surface area contributed by atoms with E-state index in [9.17, 15) is 0 Å². The molecule has 1 aromatic rings. The number of rotatable bonds is 8. The zero-order chi connectivity index (χ0) is 14.3. The maximum atomic E-state index is 4.65. The Kier molecular flexibility index (Phi) is 7.39. The van der Waals surface area contributed by atoms with Gasteiger partial charge in [-0.05, 0) is 50.6 Å². The van der Waals surface area contributed by atoms with E-state index in [2.05, 4.69) is 49.9 Å². The molecule has 0 amide bonds. The van der Waals surface area contributed by atoms with E-state index < -0.39 is 0 Å². The summed E-state index contributed by atoms with van der Waals surface area (Å²) in [6, 6.07) is 0. The summed E-state index contributed by atoms with van der Waals surface area (Å²) in [5, 5.41) is 4.06. The van der Waals surface area contributed by atoms with Crippen molar-refractivity contribution in [2.24, 2.45) is 0 Å². The number of hydrogen-bond acceptors (Lipinski definition) is 4. The number of aryl methyl sites for hydroxylation is 2. The standard InChI is InChI=1S/C15H27N3S/c1-6-8-16-9-7-14-12(4)17-15(18-13(14)5)10-19-11(2)3/h11,16H,6-10H2,1-5H3. The first-order valence-corrected chi connectivity index (χ1v) is 8.24. The minimum absolute atomic E-state index is 0.627. The largest absolute Gasteiger partial charge is 0.316 e. The van der Waals surface area contributed by atoms with Crippen LogP contribution in [0.4, 0.5) is 0 Å². The lowest BCUT2D eigenvalue weighted by atomic mass is 10.1. The molecule has 0 aliphatic heterocycles. The molecular weight excluding hydrogens is 254 g/mol. The van der Waals surface area contributed by atoms with Crippen LogP contribution >= 0.6 is 11.8 Å². The Morgan fingerprint density at radius 1 is 1.11 bits per heavy atom. The molecular formula is C15H27N3S. The first-order valence-electron chi connectivity index (χ1n) is 7.19. The zero-order valence-corrected chi connectivity index (χ0v) is 13.7. The first kappa shape index (κ1) is 16.4. The van der Waals surface area contributed by atoms with Crippen LogP contribution in [-0.2, 0) is 12.2 Å². The van der Waals surface area contributed by atoms with Crippen molar-refractivity contribution in [1.82, 2.24) is 15.3 Å². The molecule has 19 heavy (non-hydrogen) atoms. The fraction of sp³-hybridized carbons (Fsp3) is 0.733. The highest BCUT2D eigenvalue weighted by Gasteiger charge is 2.08. The van der Waals surface area contributed by atoms with Crippen molar-refractivity contribution in [2.45, 2.75) is 58.5 Å². The van der Waals surface area contributed by atoms with E-state index in [4.69, 9.17) is 0 Å². The van der Waals surface area contributed by atoms with Crippen molar-refractivity contribution in [1.29, 1.82) is 0 Å². The quantitative estimate of drug-likeness (QED) is 0.742. The summed E-state index contributed by atoms with van der Waals surface area (Å²) in [6.07, 6.45) is 2.20. The Morgan fingerprint density at radius 2 is 1.74 bits per heavy atom. The predicted molar refractivity (Wildman–Crippen MR) is 84.8 cm³/mol. The van der Waals surface area contributed by atoms with Gasteiger partial charge in [-0.25, -0.2) is 9.97 Å². The van der Waals surface area contributed by atoms with E-state index in [-0.39, 0.29) is 0 Å². The van der Waals surface area contributed by atoms with Crippen LogP contribution in [0.25, 0.3) is 0 Å². The average Bonchev–Trinajstić information content (AvgIpc) is 2.34. The van der Waals surface area contributed by atoms with Crippen molar-refractivity contribution in [2.75, 3.05) is 13.1 Å². The van der Waals surface area contributed by atoms with Crippen LogP contribution in [0, 0.1) is 13.8 Å². The first-order chi connectivity index (χ1) is 9.04. The fourth-order valence-corrected chi connectivity index (χ4v) is 2.60. The van der Waals surface area contributed by atoms with Crippen LogP contribution in [-0.4, -0.2) is 28.3 Å². The van der Waals surface area contributed by atoms with Crippen molar-refractivity contribution >= 4 is 11.8 Å². The lowest BCUT2D eigenvalue weighted by Crippen LogP contribution is -2.19. The van der Waals surface area contributed by atoms with Crippen molar-refractivity contribution in [3.63, 3.8) is 0 Å². The van der Waals surface area contributed by atoms with Crippen LogP contribution in [0.1, 0.15) is 50.0 Å². The van der Waals surface area contributed by atoms with Gasteiger partial charge in [-0.2, -0.15) is 11.8 Å². The monoisotopic (exact) mass is 281 g/mol. The SMILES string of the molecule is CCCNCCc1c(C)nc(CSC(C)C)nc1C. The summed E-state index contributed by atoms with van der Waals surface area (Å²) in [5.74, 6) is 1.88. The smallest absolute Gasteiger partial charge is 0.138 e. The van der Waals surface area contributed by atoms with Gasteiger partial charge >= 0.3 is 0 Å². The molecule has 0 spiro atoms. The van der Waals surface area contributed by atoms with Crippen molar-refractivity contribution in [3.05, 3.63) is 22.8 Å². The molecule has 0 bridgehead atoms. The van der Waals surface area contributed by atoms with Gasteiger partial charge in [0, 0.05) is 11.4 Å². The van der Waals surface area contributed by atoms with E-state index in [1.807, 2.05) is 11.8 Å². The molecule has 1 rings (SSSR count). The average molecular weight is 281 g/mol. The maximum absolute atomic E-state index is 4.65. The molecule has 0 saturated carbocycles. The molecule has 0 radical (unpaired) electrons. The van der Waals surface area contributed by atoms with Gasteiger partial charge in [0.1, 0.15) is 5.82 Å². The minimum atomic E-state index is 0.627. The van der Waals surface area contributed by atoms with Crippen molar-refractivity contribution in [3.8, 4) is 0 Å². The topological polar surface area (TPSA) is 37.8 Å².